The highest BCUT2D eigenvalue weighted by Gasteiger charge is 2.36. The summed E-state index contributed by atoms with van der Waals surface area (Å²) in [6.45, 7) is 1.82. The van der Waals surface area contributed by atoms with Crippen molar-refractivity contribution in [1.29, 1.82) is 0 Å². The highest BCUT2D eigenvalue weighted by atomic mass is 31.2. The summed E-state index contributed by atoms with van der Waals surface area (Å²) in [4.78, 5) is 10.2. The summed E-state index contributed by atoms with van der Waals surface area (Å²) in [5.74, 6) is 0.0341. The van der Waals surface area contributed by atoms with Crippen molar-refractivity contribution in [3.63, 3.8) is 0 Å². The van der Waals surface area contributed by atoms with E-state index in [2.05, 4.69) is 0 Å². The zero-order chi connectivity index (χ0) is 12.9. The molecule has 2 aromatic rings. The maximum Gasteiger partial charge on any atom is 0.266 e. The quantitative estimate of drug-likeness (QED) is 0.743. The van der Waals surface area contributed by atoms with E-state index in [0.29, 0.717) is 5.75 Å². The smallest absolute Gasteiger partial charge is 0.266 e. The number of halogens is 1. The van der Waals surface area contributed by atoms with Crippen molar-refractivity contribution in [2.45, 2.75) is 6.92 Å². The monoisotopic (exact) mass is 264 g/mol. The fourth-order valence-corrected chi connectivity index (χ4v) is 3.79. The lowest BCUT2D eigenvalue weighted by molar-refractivity contribution is 0.463. The van der Waals surface area contributed by atoms with Crippen LogP contribution in [0.4, 0.5) is 4.39 Å². The molecule has 3 nitrogen and oxygen atoms in total. The van der Waals surface area contributed by atoms with Crippen molar-refractivity contribution in [2.75, 3.05) is 0 Å². The molecule has 0 amide bonds. The first-order valence-corrected chi connectivity index (χ1v) is 7.06. The zero-order valence-electron chi connectivity index (χ0n) is 9.55. The van der Waals surface area contributed by atoms with E-state index in [9.17, 15) is 13.8 Å². The van der Waals surface area contributed by atoms with Gasteiger partial charge in [0.15, 0.2) is 0 Å². The Hall–Kier alpha value is -1.64. The third-order valence-electron chi connectivity index (χ3n) is 2.91. The third kappa shape index (κ3) is 1.57. The van der Waals surface area contributed by atoms with Crippen molar-refractivity contribution in [2.24, 2.45) is 0 Å². The Morgan fingerprint density at radius 2 is 1.72 bits per heavy atom. The van der Waals surface area contributed by atoms with Gasteiger partial charge >= 0.3 is 0 Å². The van der Waals surface area contributed by atoms with Crippen molar-refractivity contribution in [3.05, 3.63) is 47.8 Å². The minimum Gasteiger partial charge on any atom is -0.456 e. The molecule has 1 heterocycles. The van der Waals surface area contributed by atoms with E-state index >= 15 is 0 Å². The normalized spacial score (nSPS) is 20.8. The van der Waals surface area contributed by atoms with Gasteiger partial charge in [-0.1, -0.05) is 11.6 Å². The molecule has 0 fully saturated rings. The fraction of sp³-hybridized carbons (Fsp3) is 0.0769. The van der Waals surface area contributed by atoms with Gasteiger partial charge in [-0.25, -0.2) is 4.39 Å². The second kappa shape index (κ2) is 3.67. The minimum atomic E-state index is -3.79. The molecule has 1 unspecified atom stereocenters. The molecule has 1 aliphatic rings. The van der Waals surface area contributed by atoms with Gasteiger partial charge in [-0.15, -0.1) is 0 Å². The van der Waals surface area contributed by atoms with Crippen LogP contribution in [0.3, 0.4) is 0 Å². The molecule has 0 aliphatic carbocycles. The van der Waals surface area contributed by atoms with Gasteiger partial charge in [-0.3, -0.25) is 4.57 Å². The van der Waals surface area contributed by atoms with Crippen molar-refractivity contribution < 1.29 is 18.6 Å². The average Bonchev–Trinajstić information content (AvgIpc) is 2.32. The van der Waals surface area contributed by atoms with Gasteiger partial charge < -0.3 is 9.63 Å². The van der Waals surface area contributed by atoms with Crippen LogP contribution in [0.25, 0.3) is 0 Å². The van der Waals surface area contributed by atoms with Crippen LogP contribution in [0.5, 0.6) is 11.5 Å². The van der Waals surface area contributed by atoms with Crippen molar-refractivity contribution in [1.82, 2.24) is 0 Å². The van der Waals surface area contributed by atoms with Crippen LogP contribution in [0, 0.1) is 12.7 Å². The van der Waals surface area contributed by atoms with Gasteiger partial charge in [0.05, 0.1) is 10.6 Å². The predicted octanol–water partition coefficient (Wildman–Crippen LogP) is 2.46. The molecular formula is C13H10FO3P. The van der Waals surface area contributed by atoms with Gasteiger partial charge in [-0.05, 0) is 37.3 Å². The van der Waals surface area contributed by atoms with E-state index in [1.807, 2.05) is 6.92 Å². The molecule has 2 aromatic carbocycles. The number of hydrogen-bond acceptors (Lipinski definition) is 2. The minimum absolute atomic E-state index is 0.0144. The third-order valence-corrected chi connectivity index (χ3v) is 4.91. The molecule has 1 aliphatic heterocycles. The Bertz CT molecular complexity index is 641. The molecule has 0 saturated carbocycles. The second-order valence-electron chi connectivity index (χ2n) is 4.26. The largest absolute Gasteiger partial charge is 0.456 e. The van der Waals surface area contributed by atoms with Crippen LogP contribution in [0.2, 0.25) is 0 Å². The number of fused-ring (bicyclic) bond motifs is 2. The molecule has 3 rings (SSSR count). The highest BCUT2D eigenvalue weighted by molar-refractivity contribution is 7.74. The van der Waals surface area contributed by atoms with E-state index in [4.69, 9.17) is 4.74 Å². The molecule has 5 heteroatoms. The molecule has 0 aromatic heterocycles. The van der Waals surface area contributed by atoms with Crippen molar-refractivity contribution >= 4 is 18.0 Å². The SMILES string of the molecule is Cc1ccc2c(c1)P(=O)(O)c1cc(F)ccc1O2. The topological polar surface area (TPSA) is 46.5 Å². The Labute approximate surface area is 103 Å². The molecule has 92 valence electrons. The predicted molar refractivity (Wildman–Crippen MR) is 66.7 cm³/mol. The Morgan fingerprint density at radius 1 is 1.11 bits per heavy atom. The maximum absolute atomic E-state index is 13.2. The fourth-order valence-electron chi connectivity index (χ4n) is 2.01. The first-order chi connectivity index (χ1) is 8.48. The van der Waals surface area contributed by atoms with Crippen LogP contribution in [0.1, 0.15) is 5.56 Å². The Morgan fingerprint density at radius 3 is 2.44 bits per heavy atom. The van der Waals surface area contributed by atoms with Gasteiger partial charge in [0.2, 0.25) is 0 Å². The molecule has 0 radical (unpaired) electrons. The summed E-state index contributed by atoms with van der Waals surface area (Å²) in [6, 6.07) is 8.69. The van der Waals surface area contributed by atoms with Crippen LogP contribution in [-0.2, 0) is 4.57 Å². The summed E-state index contributed by atoms with van der Waals surface area (Å²) in [5.41, 5.74) is 0.853. The molecule has 0 saturated heterocycles. The number of rotatable bonds is 0. The van der Waals surface area contributed by atoms with E-state index in [0.717, 1.165) is 11.6 Å². The van der Waals surface area contributed by atoms with Crippen LogP contribution in [-0.4, -0.2) is 4.89 Å². The highest BCUT2D eigenvalue weighted by Crippen LogP contribution is 2.48. The van der Waals surface area contributed by atoms with Gasteiger partial charge in [0, 0.05) is 0 Å². The summed E-state index contributed by atoms with van der Waals surface area (Å²) in [6.07, 6.45) is 0. The maximum atomic E-state index is 13.2. The Balaban J connectivity index is 2.30. The first kappa shape index (κ1) is 11.5. The number of hydrogen-bond donors (Lipinski definition) is 1. The number of ether oxygens (including phenoxy) is 1. The number of aryl methyl sites for hydroxylation is 1. The van der Waals surface area contributed by atoms with Gasteiger partial charge in [-0.2, -0.15) is 0 Å². The molecule has 1 N–H and O–H groups in total. The zero-order valence-corrected chi connectivity index (χ0v) is 10.4. The summed E-state index contributed by atoms with van der Waals surface area (Å²) < 4.78 is 31.2. The lowest BCUT2D eigenvalue weighted by atomic mass is 10.2. The summed E-state index contributed by atoms with van der Waals surface area (Å²) in [5, 5.41) is 0.237. The van der Waals surface area contributed by atoms with E-state index in [1.165, 1.54) is 12.1 Å². The van der Waals surface area contributed by atoms with Crippen molar-refractivity contribution in [3.8, 4) is 11.5 Å². The molecular weight excluding hydrogens is 254 g/mol. The first-order valence-electron chi connectivity index (χ1n) is 5.40. The van der Waals surface area contributed by atoms with Crippen LogP contribution < -0.4 is 15.3 Å². The summed E-state index contributed by atoms with van der Waals surface area (Å²) in [7, 11) is -3.79. The Kier molecular flexibility index (Phi) is 2.34. The van der Waals surface area contributed by atoms with Crippen LogP contribution >= 0.6 is 7.37 Å². The molecule has 18 heavy (non-hydrogen) atoms. The van der Waals surface area contributed by atoms with Gasteiger partial charge in [0.25, 0.3) is 7.37 Å². The average molecular weight is 264 g/mol. The molecule has 1 atom stereocenters. The lowest BCUT2D eigenvalue weighted by Crippen LogP contribution is -2.24. The summed E-state index contributed by atoms with van der Waals surface area (Å²) >= 11 is 0. The second-order valence-corrected chi connectivity index (χ2v) is 6.38. The van der Waals surface area contributed by atoms with Gasteiger partial charge in [0.1, 0.15) is 17.3 Å². The molecule has 0 bridgehead atoms. The molecule has 0 spiro atoms. The van der Waals surface area contributed by atoms with Crippen LogP contribution in [0.15, 0.2) is 36.4 Å². The standard InChI is InChI=1S/C13H10FO3P/c1-8-2-4-10-12(6-8)18(15,16)13-7-9(14)3-5-11(13)17-10/h2-7H,1H3,(H,15,16). The van der Waals surface area contributed by atoms with E-state index < -0.39 is 13.2 Å². The van der Waals surface area contributed by atoms with E-state index in [-0.39, 0.29) is 16.4 Å². The lowest BCUT2D eigenvalue weighted by Gasteiger charge is -2.24. The number of benzene rings is 2. The van der Waals surface area contributed by atoms with E-state index in [1.54, 1.807) is 18.2 Å².